The zero-order valence-electron chi connectivity index (χ0n) is 16.0. The van der Waals surface area contributed by atoms with Crippen molar-refractivity contribution in [2.24, 2.45) is 0 Å². The predicted molar refractivity (Wildman–Crippen MR) is 98.1 cm³/mol. The Labute approximate surface area is 155 Å². The summed E-state index contributed by atoms with van der Waals surface area (Å²) in [7, 11) is 4.79. The third-order valence-electron chi connectivity index (χ3n) is 5.40. The summed E-state index contributed by atoms with van der Waals surface area (Å²) in [6.45, 7) is 1.35. The summed E-state index contributed by atoms with van der Waals surface area (Å²) in [5, 5.41) is 0. The number of benzene rings is 1. The highest BCUT2D eigenvalue weighted by molar-refractivity contribution is 5.77. The molecule has 0 unspecified atom stereocenters. The fourth-order valence-corrected chi connectivity index (χ4v) is 4.08. The number of carbonyl (C=O) groups is 1. The Kier molecular flexibility index (Phi) is 6.25. The molecule has 1 amide bonds. The number of carbonyl (C=O) groups excluding carboxylic acids is 1. The van der Waals surface area contributed by atoms with Gasteiger partial charge in [0.05, 0.1) is 40.1 Å². The second-order valence-electron chi connectivity index (χ2n) is 6.88. The van der Waals surface area contributed by atoms with Crippen LogP contribution >= 0.6 is 0 Å². The molecule has 6 nitrogen and oxygen atoms in total. The maximum absolute atomic E-state index is 12.8. The van der Waals surface area contributed by atoms with Crippen molar-refractivity contribution in [1.29, 1.82) is 0 Å². The van der Waals surface area contributed by atoms with Gasteiger partial charge in [-0.05, 0) is 37.0 Å². The molecule has 1 aromatic carbocycles. The Morgan fingerprint density at radius 2 is 1.81 bits per heavy atom. The van der Waals surface area contributed by atoms with Gasteiger partial charge in [-0.3, -0.25) is 4.79 Å². The van der Waals surface area contributed by atoms with Crippen LogP contribution in [-0.2, 0) is 16.0 Å². The molecular formula is C20H29NO5. The summed E-state index contributed by atoms with van der Waals surface area (Å²) in [4.78, 5) is 14.9. The molecule has 1 aliphatic heterocycles. The van der Waals surface area contributed by atoms with E-state index in [1.54, 1.807) is 21.3 Å². The third-order valence-corrected chi connectivity index (χ3v) is 5.40. The molecule has 1 heterocycles. The number of ether oxygens (including phenoxy) is 4. The topological polar surface area (TPSA) is 57.2 Å². The number of hydrogen-bond donors (Lipinski definition) is 0. The summed E-state index contributed by atoms with van der Waals surface area (Å²) in [6, 6.07) is 4.08. The molecule has 26 heavy (non-hydrogen) atoms. The number of rotatable bonds is 6. The van der Waals surface area contributed by atoms with Crippen LogP contribution < -0.4 is 14.2 Å². The molecule has 0 bridgehead atoms. The van der Waals surface area contributed by atoms with Gasteiger partial charge < -0.3 is 23.8 Å². The highest BCUT2D eigenvalue weighted by Gasteiger charge is 2.36. The molecule has 1 aliphatic carbocycles. The fourth-order valence-electron chi connectivity index (χ4n) is 4.08. The van der Waals surface area contributed by atoms with Crippen molar-refractivity contribution in [3.63, 3.8) is 0 Å². The van der Waals surface area contributed by atoms with Crippen molar-refractivity contribution in [3.05, 3.63) is 17.7 Å². The van der Waals surface area contributed by atoms with Crippen LogP contribution in [0.4, 0.5) is 0 Å². The highest BCUT2D eigenvalue weighted by atomic mass is 16.5. The zero-order valence-corrected chi connectivity index (χ0v) is 16.0. The zero-order chi connectivity index (χ0) is 18.5. The molecule has 2 fully saturated rings. The first-order valence-corrected chi connectivity index (χ1v) is 9.38. The maximum atomic E-state index is 12.8. The molecule has 1 aromatic rings. The molecule has 6 heteroatoms. The van der Waals surface area contributed by atoms with E-state index < -0.39 is 0 Å². The van der Waals surface area contributed by atoms with Crippen LogP contribution in [0, 0.1) is 0 Å². The molecule has 1 saturated carbocycles. The first-order chi connectivity index (χ1) is 12.7. The molecule has 0 aromatic heterocycles. The van der Waals surface area contributed by atoms with E-state index in [0.717, 1.165) is 18.4 Å². The highest BCUT2D eigenvalue weighted by Crippen LogP contribution is 2.38. The monoisotopic (exact) mass is 363 g/mol. The second kappa shape index (κ2) is 8.62. The molecule has 2 aliphatic rings. The van der Waals surface area contributed by atoms with Gasteiger partial charge in [0.2, 0.25) is 11.7 Å². The molecule has 2 atom stereocenters. The summed E-state index contributed by atoms with van der Waals surface area (Å²) >= 11 is 0. The number of methoxy groups -OCH3 is 3. The van der Waals surface area contributed by atoms with E-state index in [1.165, 1.54) is 12.8 Å². The average Bonchev–Trinajstić information content (AvgIpc) is 2.70. The number of fused-ring (bicyclic) bond motifs is 1. The number of hydrogen-bond acceptors (Lipinski definition) is 5. The molecule has 0 N–H and O–H groups in total. The molecule has 144 valence electrons. The lowest BCUT2D eigenvalue weighted by Crippen LogP contribution is -2.54. The van der Waals surface area contributed by atoms with E-state index in [4.69, 9.17) is 18.9 Å². The largest absolute Gasteiger partial charge is 0.493 e. The Morgan fingerprint density at radius 1 is 1.12 bits per heavy atom. The normalized spacial score (nSPS) is 22.5. The van der Waals surface area contributed by atoms with Gasteiger partial charge in [-0.25, -0.2) is 0 Å². The van der Waals surface area contributed by atoms with E-state index in [0.29, 0.717) is 43.2 Å². The fraction of sp³-hybridized carbons (Fsp3) is 0.650. The Balaban J connectivity index is 1.67. The van der Waals surface area contributed by atoms with Gasteiger partial charge in [0.1, 0.15) is 0 Å². The molecule has 3 rings (SSSR count). The van der Waals surface area contributed by atoms with Crippen LogP contribution in [0.25, 0.3) is 0 Å². The van der Waals surface area contributed by atoms with Crippen LogP contribution in [0.2, 0.25) is 0 Å². The molecule has 0 radical (unpaired) electrons. The molecule has 1 saturated heterocycles. The standard InChI is InChI=1S/C20H29NO5/c1-23-17-12-14(13-18(24-2)20(17)25-3)8-9-19(22)21-10-11-26-16-7-5-4-6-15(16)21/h12-13,15-16H,4-11H2,1-3H3/t15-,16+/m1/s1. The Morgan fingerprint density at radius 3 is 2.46 bits per heavy atom. The van der Waals surface area contributed by atoms with Crippen LogP contribution in [-0.4, -0.2) is 57.4 Å². The maximum Gasteiger partial charge on any atom is 0.223 e. The predicted octanol–water partition coefficient (Wildman–Crippen LogP) is 2.82. The number of aryl methyl sites for hydroxylation is 1. The van der Waals surface area contributed by atoms with Crippen LogP contribution in [0.5, 0.6) is 17.2 Å². The van der Waals surface area contributed by atoms with Crippen LogP contribution in [0.1, 0.15) is 37.7 Å². The smallest absolute Gasteiger partial charge is 0.223 e. The van der Waals surface area contributed by atoms with Gasteiger partial charge in [-0.2, -0.15) is 0 Å². The van der Waals surface area contributed by atoms with Crippen LogP contribution in [0.15, 0.2) is 12.1 Å². The number of amides is 1. The van der Waals surface area contributed by atoms with Gasteiger partial charge >= 0.3 is 0 Å². The lowest BCUT2D eigenvalue weighted by atomic mass is 9.90. The Hall–Kier alpha value is -1.95. The summed E-state index contributed by atoms with van der Waals surface area (Å²) in [6.07, 6.45) is 5.85. The van der Waals surface area contributed by atoms with E-state index in [-0.39, 0.29) is 18.1 Å². The lowest BCUT2D eigenvalue weighted by molar-refractivity contribution is -0.149. The van der Waals surface area contributed by atoms with Gasteiger partial charge in [0.25, 0.3) is 0 Å². The minimum atomic E-state index is 0.207. The van der Waals surface area contributed by atoms with Crippen molar-refractivity contribution < 1.29 is 23.7 Å². The van der Waals surface area contributed by atoms with Crippen molar-refractivity contribution >= 4 is 5.91 Å². The first-order valence-electron chi connectivity index (χ1n) is 9.38. The van der Waals surface area contributed by atoms with Crippen molar-refractivity contribution in [3.8, 4) is 17.2 Å². The molecular weight excluding hydrogens is 334 g/mol. The quantitative estimate of drug-likeness (QED) is 0.778. The van der Waals surface area contributed by atoms with Gasteiger partial charge in [0, 0.05) is 13.0 Å². The van der Waals surface area contributed by atoms with E-state index in [9.17, 15) is 4.79 Å². The van der Waals surface area contributed by atoms with E-state index >= 15 is 0 Å². The van der Waals surface area contributed by atoms with Gasteiger partial charge in [-0.1, -0.05) is 12.8 Å². The lowest BCUT2D eigenvalue weighted by Gasteiger charge is -2.43. The van der Waals surface area contributed by atoms with Crippen LogP contribution in [0.3, 0.4) is 0 Å². The second-order valence-corrected chi connectivity index (χ2v) is 6.88. The van der Waals surface area contributed by atoms with Crippen molar-refractivity contribution in [2.75, 3.05) is 34.5 Å². The molecule has 0 spiro atoms. The summed E-state index contributed by atoms with van der Waals surface area (Å²) < 4.78 is 22.0. The third kappa shape index (κ3) is 3.90. The van der Waals surface area contributed by atoms with E-state index in [1.807, 2.05) is 17.0 Å². The van der Waals surface area contributed by atoms with Crippen molar-refractivity contribution in [2.45, 2.75) is 50.7 Å². The minimum Gasteiger partial charge on any atom is -0.493 e. The van der Waals surface area contributed by atoms with Gasteiger partial charge in [0.15, 0.2) is 11.5 Å². The summed E-state index contributed by atoms with van der Waals surface area (Å²) in [5.41, 5.74) is 1.00. The number of morpholine rings is 1. The minimum absolute atomic E-state index is 0.207. The SMILES string of the molecule is COc1cc(CCC(=O)N2CCO[C@H]3CCCC[C@H]32)cc(OC)c1OC. The summed E-state index contributed by atoms with van der Waals surface area (Å²) in [5.74, 6) is 2.02. The van der Waals surface area contributed by atoms with Crippen molar-refractivity contribution in [1.82, 2.24) is 4.90 Å². The van der Waals surface area contributed by atoms with Gasteiger partial charge in [-0.15, -0.1) is 0 Å². The first kappa shape index (κ1) is 18.8. The average molecular weight is 363 g/mol. The Bertz CT molecular complexity index is 606. The number of nitrogens with zero attached hydrogens (tertiary/aromatic N) is 1. The van der Waals surface area contributed by atoms with E-state index in [2.05, 4.69) is 0 Å².